The molecule has 2 aromatic carbocycles. The van der Waals surface area contributed by atoms with E-state index in [9.17, 15) is 18.3 Å². The number of carbonyl (C=O) groups excluding carboxylic acids is 1. The number of hydrogen-bond acceptors (Lipinski definition) is 4. The van der Waals surface area contributed by atoms with Crippen LogP contribution >= 0.6 is 0 Å². The van der Waals surface area contributed by atoms with Gasteiger partial charge in [-0.2, -0.15) is 0 Å². The largest absolute Gasteiger partial charge is 0.373 e. The molecule has 2 fully saturated rings. The van der Waals surface area contributed by atoms with Gasteiger partial charge in [0, 0.05) is 20.1 Å². The number of sulfonamides is 1. The molecule has 2 heterocycles. The van der Waals surface area contributed by atoms with Crippen LogP contribution in [0.15, 0.2) is 60.7 Å². The van der Waals surface area contributed by atoms with E-state index in [1.807, 2.05) is 55.5 Å². The summed E-state index contributed by atoms with van der Waals surface area (Å²) in [4.78, 5) is 16.5. The predicted molar refractivity (Wildman–Crippen MR) is 133 cm³/mol. The Hall–Kier alpha value is -2.42. The maximum Gasteiger partial charge on any atom is 0.322 e. The Morgan fingerprint density at radius 2 is 1.56 bits per heavy atom. The minimum atomic E-state index is -3.21. The monoisotopic (exact) mass is 485 g/mol. The fourth-order valence-electron chi connectivity index (χ4n) is 5.57. The van der Waals surface area contributed by atoms with E-state index in [1.54, 1.807) is 16.8 Å². The third kappa shape index (κ3) is 4.99. The molecule has 0 spiro atoms. The number of benzene rings is 2. The number of aliphatic hydroxyl groups excluding tert-OH is 1. The molecule has 34 heavy (non-hydrogen) atoms. The fraction of sp³-hybridized carbons (Fsp3) is 0.500. The van der Waals surface area contributed by atoms with Gasteiger partial charge in [0.2, 0.25) is 10.0 Å². The number of urea groups is 1. The van der Waals surface area contributed by atoms with Crippen molar-refractivity contribution in [3.8, 4) is 0 Å². The van der Waals surface area contributed by atoms with E-state index in [0.29, 0.717) is 19.5 Å². The van der Waals surface area contributed by atoms with Crippen LogP contribution in [0, 0.1) is 5.92 Å². The molecule has 0 aromatic heterocycles. The number of aliphatic hydroxyl groups is 1. The lowest BCUT2D eigenvalue weighted by Crippen LogP contribution is -2.43. The number of carbonyl (C=O) groups is 1. The molecule has 2 aromatic rings. The van der Waals surface area contributed by atoms with Gasteiger partial charge in [0.1, 0.15) is 6.23 Å². The summed E-state index contributed by atoms with van der Waals surface area (Å²) in [6.45, 7) is 2.98. The molecule has 4 rings (SSSR count). The van der Waals surface area contributed by atoms with Crippen LogP contribution in [0.25, 0.3) is 0 Å². The van der Waals surface area contributed by atoms with Crippen molar-refractivity contribution in [1.29, 1.82) is 0 Å². The highest BCUT2D eigenvalue weighted by molar-refractivity contribution is 7.88. The van der Waals surface area contributed by atoms with Gasteiger partial charge in [-0.1, -0.05) is 60.7 Å². The topological polar surface area (TPSA) is 81.2 Å². The van der Waals surface area contributed by atoms with E-state index in [0.717, 1.165) is 24.0 Å². The quantitative estimate of drug-likeness (QED) is 0.649. The lowest BCUT2D eigenvalue weighted by Gasteiger charge is -2.38. The van der Waals surface area contributed by atoms with E-state index >= 15 is 0 Å². The number of piperidine rings is 1. The van der Waals surface area contributed by atoms with Gasteiger partial charge < -0.3 is 10.0 Å². The van der Waals surface area contributed by atoms with E-state index < -0.39 is 16.3 Å². The highest BCUT2D eigenvalue weighted by atomic mass is 32.2. The van der Waals surface area contributed by atoms with Gasteiger partial charge in [0.25, 0.3) is 0 Å². The van der Waals surface area contributed by atoms with Crippen LogP contribution in [0.4, 0.5) is 4.79 Å². The second-order valence-corrected chi connectivity index (χ2v) is 11.6. The van der Waals surface area contributed by atoms with Crippen LogP contribution in [-0.2, 0) is 10.0 Å². The zero-order valence-electron chi connectivity index (χ0n) is 20.1. The van der Waals surface area contributed by atoms with Crippen LogP contribution < -0.4 is 0 Å². The van der Waals surface area contributed by atoms with Crippen LogP contribution in [0.3, 0.4) is 0 Å². The van der Waals surface area contributed by atoms with Gasteiger partial charge in [0.05, 0.1) is 18.3 Å². The molecule has 7 nitrogen and oxygen atoms in total. The molecule has 2 aliphatic heterocycles. The zero-order chi connectivity index (χ0) is 24.5. The van der Waals surface area contributed by atoms with Gasteiger partial charge in [-0.15, -0.1) is 0 Å². The number of rotatable bonds is 7. The SMILES string of the molecule is CC1C(c2ccccc2)N(C(O)CC(c2ccccc2)C2CCN(S(C)(=O)=O)CC2)C(=O)N1C. The molecule has 1 N–H and O–H groups in total. The van der Waals surface area contributed by atoms with Crippen LogP contribution in [-0.4, -0.2) is 72.3 Å². The van der Waals surface area contributed by atoms with E-state index in [-0.39, 0.29) is 30.0 Å². The first-order valence-corrected chi connectivity index (χ1v) is 13.8. The maximum absolute atomic E-state index is 13.2. The summed E-state index contributed by atoms with van der Waals surface area (Å²) in [5.41, 5.74) is 2.12. The number of nitrogens with zero attached hydrogens (tertiary/aromatic N) is 3. The third-order valence-corrected chi connectivity index (χ3v) is 8.88. The predicted octanol–water partition coefficient (Wildman–Crippen LogP) is 3.65. The van der Waals surface area contributed by atoms with Crippen molar-refractivity contribution in [1.82, 2.24) is 14.1 Å². The van der Waals surface area contributed by atoms with Crippen LogP contribution in [0.5, 0.6) is 0 Å². The lowest BCUT2D eigenvalue weighted by molar-refractivity contribution is 0.000531. The van der Waals surface area contributed by atoms with Gasteiger partial charge in [-0.05, 0) is 49.1 Å². The average Bonchev–Trinajstić information content (AvgIpc) is 3.07. The van der Waals surface area contributed by atoms with Crippen LogP contribution in [0.2, 0.25) is 0 Å². The Labute approximate surface area is 203 Å². The third-order valence-electron chi connectivity index (χ3n) is 7.58. The van der Waals surface area contributed by atoms with Crippen molar-refractivity contribution in [3.63, 3.8) is 0 Å². The summed E-state index contributed by atoms with van der Waals surface area (Å²) in [6, 6.07) is 19.5. The Bertz CT molecular complexity index is 1070. The molecule has 4 atom stereocenters. The lowest BCUT2D eigenvalue weighted by atomic mass is 9.78. The van der Waals surface area contributed by atoms with Gasteiger partial charge >= 0.3 is 6.03 Å². The number of likely N-dealkylation sites (N-methyl/N-ethyl adjacent to an activating group) is 1. The van der Waals surface area contributed by atoms with Gasteiger partial charge in [-0.25, -0.2) is 17.5 Å². The Balaban J connectivity index is 1.59. The molecule has 2 amide bonds. The highest BCUT2D eigenvalue weighted by Crippen LogP contribution is 2.41. The highest BCUT2D eigenvalue weighted by Gasteiger charge is 2.46. The first-order valence-electron chi connectivity index (χ1n) is 12.0. The number of amides is 2. The van der Waals surface area contributed by atoms with Crippen LogP contribution in [0.1, 0.15) is 49.3 Å². The fourth-order valence-corrected chi connectivity index (χ4v) is 6.45. The summed E-state index contributed by atoms with van der Waals surface area (Å²) >= 11 is 0. The standard InChI is InChI=1S/C26H35N3O4S/c1-19-25(22-12-8-5-9-13-22)29(26(31)27(19)2)24(30)18-23(20-10-6-4-7-11-20)21-14-16-28(17-15-21)34(3,32)33/h4-13,19,21,23-25,30H,14-18H2,1-3H3. The Morgan fingerprint density at radius 1 is 1.00 bits per heavy atom. The molecule has 2 aliphatic rings. The molecular weight excluding hydrogens is 450 g/mol. The van der Waals surface area contributed by atoms with Crippen molar-refractivity contribution in [2.75, 3.05) is 26.4 Å². The smallest absolute Gasteiger partial charge is 0.322 e. The molecular formula is C26H35N3O4S. The van der Waals surface area contributed by atoms with Gasteiger partial charge in [-0.3, -0.25) is 4.90 Å². The summed E-state index contributed by atoms with van der Waals surface area (Å²) in [5, 5.41) is 11.5. The minimum absolute atomic E-state index is 0.0170. The molecule has 0 radical (unpaired) electrons. The number of hydrogen-bond donors (Lipinski definition) is 1. The van der Waals surface area contributed by atoms with Crippen molar-refractivity contribution < 1.29 is 18.3 Å². The summed E-state index contributed by atoms with van der Waals surface area (Å²) in [5.74, 6) is 0.237. The second kappa shape index (κ2) is 10.1. The molecule has 0 aliphatic carbocycles. The first kappa shape index (κ1) is 24.7. The Morgan fingerprint density at radius 3 is 2.12 bits per heavy atom. The van der Waals surface area contributed by atoms with Crippen molar-refractivity contribution in [2.45, 2.75) is 50.4 Å². The van der Waals surface area contributed by atoms with Crippen molar-refractivity contribution in [3.05, 3.63) is 71.8 Å². The normalized spacial score (nSPS) is 24.4. The summed E-state index contributed by atoms with van der Waals surface area (Å²) in [6.07, 6.45) is 2.16. The van der Waals surface area contributed by atoms with Crippen molar-refractivity contribution in [2.24, 2.45) is 5.92 Å². The summed E-state index contributed by atoms with van der Waals surface area (Å²) in [7, 11) is -1.42. The first-order chi connectivity index (χ1) is 16.2. The van der Waals surface area contributed by atoms with Crippen molar-refractivity contribution >= 4 is 16.1 Å². The molecule has 2 saturated heterocycles. The van der Waals surface area contributed by atoms with E-state index in [2.05, 4.69) is 12.1 Å². The molecule has 184 valence electrons. The summed E-state index contributed by atoms with van der Waals surface area (Å²) < 4.78 is 25.5. The molecule has 0 saturated carbocycles. The second-order valence-electron chi connectivity index (χ2n) is 9.63. The molecule has 0 bridgehead atoms. The van der Waals surface area contributed by atoms with Gasteiger partial charge in [0.15, 0.2) is 0 Å². The van der Waals surface area contributed by atoms with E-state index in [1.165, 1.54) is 10.6 Å². The molecule has 4 unspecified atom stereocenters. The maximum atomic E-state index is 13.2. The Kier molecular flexibility index (Phi) is 7.31. The minimum Gasteiger partial charge on any atom is -0.373 e. The average molecular weight is 486 g/mol. The zero-order valence-corrected chi connectivity index (χ0v) is 20.9. The molecule has 8 heteroatoms. The van der Waals surface area contributed by atoms with E-state index in [4.69, 9.17) is 0 Å².